The Labute approximate surface area is 119 Å². The van der Waals surface area contributed by atoms with E-state index in [9.17, 15) is 8.42 Å². The molecule has 1 aromatic heterocycles. The number of hydrogen-bond acceptors (Lipinski definition) is 4. The molecule has 3 rings (SSSR count). The molecule has 6 nitrogen and oxygen atoms in total. The van der Waals surface area contributed by atoms with E-state index in [2.05, 4.69) is 5.10 Å². The van der Waals surface area contributed by atoms with Crippen molar-refractivity contribution in [2.24, 2.45) is 5.41 Å². The molecule has 1 aromatic rings. The standard InChI is InChI=1S/C13H21N3O3S/c1-11(2)16-8-12(7-14-16)20(17,18)15-5-3-13(9-15)4-6-19-10-13/h7-8,11H,3-6,9-10H2,1-2H3/t13-/m1/s1. The number of nitrogens with zero attached hydrogens (tertiary/aromatic N) is 3. The third-order valence-electron chi connectivity index (χ3n) is 4.33. The molecule has 0 aromatic carbocycles. The average Bonchev–Trinajstić information content (AvgIpc) is 3.12. The molecule has 1 spiro atoms. The zero-order valence-electron chi connectivity index (χ0n) is 11.9. The Morgan fingerprint density at radius 1 is 1.40 bits per heavy atom. The van der Waals surface area contributed by atoms with Crippen molar-refractivity contribution in [1.29, 1.82) is 0 Å². The van der Waals surface area contributed by atoms with Crippen molar-refractivity contribution in [2.45, 2.75) is 37.6 Å². The van der Waals surface area contributed by atoms with Gasteiger partial charge in [-0.25, -0.2) is 8.42 Å². The molecule has 2 aliphatic heterocycles. The van der Waals surface area contributed by atoms with Crippen LogP contribution >= 0.6 is 0 Å². The summed E-state index contributed by atoms with van der Waals surface area (Å²) in [7, 11) is -3.42. The monoisotopic (exact) mass is 299 g/mol. The van der Waals surface area contributed by atoms with Gasteiger partial charge in [-0.2, -0.15) is 9.40 Å². The Morgan fingerprint density at radius 3 is 2.80 bits per heavy atom. The summed E-state index contributed by atoms with van der Waals surface area (Å²) >= 11 is 0. The van der Waals surface area contributed by atoms with E-state index in [1.165, 1.54) is 6.20 Å². The van der Waals surface area contributed by atoms with E-state index in [1.807, 2.05) is 13.8 Å². The van der Waals surface area contributed by atoms with Gasteiger partial charge in [-0.15, -0.1) is 0 Å². The highest BCUT2D eigenvalue weighted by Gasteiger charge is 2.45. The fraction of sp³-hybridized carbons (Fsp3) is 0.769. The Morgan fingerprint density at radius 2 is 2.20 bits per heavy atom. The van der Waals surface area contributed by atoms with Crippen LogP contribution in [0.4, 0.5) is 0 Å². The van der Waals surface area contributed by atoms with Crippen LogP contribution in [0.2, 0.25) is 0 Å². The zero-order chi connectivity index (χ0) is 14.4. The van der Waals surface area contributed by atoms with Crippen LogP contribution in [-0.4, -0.2) is 48.8 Å². The molecule has 2 fully saturated rings. The summed E-state index contributed by atoms with van der Waals surface area (Å²) in [6, 6.07) is 0.159. The van der Waals surface area contributed by atoms with Gasteiger partial charge in [0.2, 0.25) is 10.0 Å². The third-order valence-corrected chi connectivity index (χ3v) is 6.13. The lowest BCUT2D eigenvalue weighted by Crippen LogP contribution is -2.32. The van der Waals surface area contributed by atoms with Crippen LogP contribution in [0.3, 0.4) is 0 Å². The van der Waals surface area contributed by atoms with Gasteiger partial charge in [0.05, 0.1) is 12.8 Å². The van der Waals surface area contributed by atoms with E-state index in [0.29, 0.717) is 24.6 Å². The molecule has 112 valence electrons. The normalized spacial score (nSPS) is 27.9. The molecule has 3 heterocycles. The molecule has 7 heteroatoms. The van der Waals surface area contributed by atoms with Crippen LogP contribution in [0.1, 0.15) is 32.7 Å². The smallest absolute Gasteiger partial charge is 0.246 e. The van der Waals surface area contributed by atoms with Crippen molar-refractivity contribution in [1.82, 2.24) is 14.1 Å². The van der Waals surface area contributed by atoms with Crippen molar-refractivity contribution in [2.75, 3.05) is 26.3 Å². The first-order valence-corrected chi connectivity index (χ1v) is 8.49. The van der Waals surface area contributed by atoms with Gasteiger partial charge < -0.3 is 4.74 Å². The third kappa shape index (κ3) is 2.27. The predicted octanol–water partition coefficient (Wildman–Crippen LogP) is 1.27. The second kappa shape index (κ2) is 4.82. The van der Waals surface area contributed by atoms with E-state index in [1.54, 1.807) is 15.2 Å². The number of aromatic nitrogens is 2. The van der Waals surface area contributed by atoms with Gasteiger partial charge >= 0.3 is 0 Å². The first-order valence-electron chi connectivity index (χ1n) is 7.05. The number of sulfonamides is 1. The molecule has 2 saturated heterocycles. The van der Waals surface area contributed by atoms with E-state index < -0.39 is 10.0 Å². The lowest BCUT2D eigenvalue weighted by atomic mass is 9.87. The van der Waals surface area contributed by atoms with Crippen LogP contribution in [0.25, 0.3) is 0 Å². The quantitative estimate of drug-likeness (QED) is 0.843. The minimum absolute atomic E-state index is 0.0428. The van der Waals surface area contributed by atoms with Crippen LogP contribution in [-0.2, 0) is 14.8 Å². The Hall–Kier alpha value is -0.920. The highest BCUT2D eigenvalue weighted by molar-refractivity contribution is 7.89. The molecule has 0 amide bonds. The first-order chi connectivity index (χ1) is 9.43. The molecule has 1 atom stereocenters. The molecular weight excluding hydrogens is 278 g/mol. The van der Waals surface area contributed by atoms with Crippen molar-refractivity contribution in [3.05, 3.63) is 12.4 Å². The molecule has 20 heavy (non-hydrogen) atoms. The molecule has 0 aliphatic carbocycles. The maximum atomic E-state index is 12.6. The summed E-state index contributed by atoms with van der Waals surface area (Å²) < 4.78 is 34.0. The fourth-order valence-corrected chi connectivity index (χ4v) is 4.45. The molecule has 0 radical (unpaired) electrons. The Balaban J connectivity index is 1.81. The van der Waals surface area contributed by atoms with Crippen molar-refractivity contribution in [3.8, 4) is 0 Å². The molecule has 0 unspecified atom stereocenters. The van der Waals surface area contributed by atoms with Crippen molar-refractivity contribution < 1.29 is 13.2 Å². The minimum Gasteiger partial charge on any atom is -0.381 e. The maximum absolute atomic E-state index is 12.6. The SMILES string of the molecule is CC(C)n1cc(S(=O)(=O)N2CC[C@@]3(CCOC3)C2)cn1. The van der Waals surface area contributed by atoms with E-state index in [4.69, 9.17) is 4.74 Å². The van der Waals surface area contributed by atoms with Crippen LogP contribution in [0.5, 0.6) is 0 Å². The predicted molar refractivity (Wildman–Crippen MR) is 73.9 cm³/mol. The minimum atomic E-state index is -3.42. The van der Waals surface area contributed by atoms with Crippen molar-refractivity contribution in [3.63, 3.8) is 0 Å². The zero-order valence-corrected chi connectivity index (χ0v) is 12.8. The van der Waals surface area contributed by atoms with Gasteiger partial charge in [0.15, 0.2) is 0 Å². The lowest BCUT2D eigenvalue weighted by molar-refractivity contribution is 0.157. The summed E-state index contributed by atoms with van der Waals surface area (Å²) in [4.78, 5) is 0.294. The first kappa shape index (κ1) is 14.0. The molecule has 2 aliphatic rings. The Kier molecular flexibility index (Phi) is 3.38. The molecule has 0 bridgehead atoms. The van der Waals surface area contributed by atoms with Crippen LogP contribution in [0, 0.1) is 5.41 Å². The number of ether oxygens (including phenoxy) is 1. The highest BCUT2D eigenvalue weighted by Crippen LogP contribution is 2.40. The summed E-state index contributed by atoms with van der Waals surface area (Å²) in [6.07, 6.45) is 4.93. The lowest BCUT2D eigenvalue weighted by Gasteiger charge is -2.21. The van der Waals surface area contributed by atoms with Crippen LogP contribution in [0.15, 0.2) is 17.3 Å². The van der Waals surface area contributed by atoms with Gasteiger partial charge in [0.25, 0.3) is 0 Å². The van der Waals surface area contributed by atoms with E-state index in [-0.39, 0.29) is 11.5 Å². The Bertz CT molecular complexity index is 588. The molecular formula is C13H21N3O3S. The molecule has 0 N–H and O–H groups in total. The number of rotatable bonds is 3. The van der Waals surface area contributed by atoms with E-state index >= 15 is 0 Å². The van der Waals surface area contributed by atoms with E-state index in [0.717, 1.165) is 19.4 Å². The largest absolute Gasteiger partial charge is 0.381 e. The van der Waals surface area contributed by atoms with Crippen LogP contribution < -0.4 is 0 Å². The number of hydrogen-bond donors (Lipinski definition) is 0. The van der Waals surface area contributed by atoms with Gasteiger partial charge in [-0.3, -0.25) is 4.68 Å². The second-order valence-electron chi connectivity index (χ2n) is 6.14. The van der Waals surface area contributed by atoms with Crippen molar-refractivity contribution >= 4 is 10.0 Å². The van der Waals surface area contributed by atoms with Gasteiger partial charge in [0, 0.05) is 37.4 Å². The summed E-state index contributed by atoms with van der Waals surface area (Å²) in [5, 5.41) is 4.13. The van der Waals surface area contributed by atoms with Gasteiger partial charge in [-0.1, -0.05) is 0 Å². The average molecular weight is 299 g/mol. The maximum Gasteiger partial charge on any atom is 0.246 e. The van der Waals surface area contributed by atoms with Gasteiger partial charge in [-0.05, 0) is 26.7 Å². The second-order valence-corrected chi connectivity index (χ2v) is 8.08. The molecule has 0 saturated carbocycles. The van der Waals surface area contributed by atoms with Gasteiger partial charge in [0.1, 0.15) is 4.90 Å². The summed E-state index contributed by atoms with van der Waals surface area (Å²) in [6.45, 7) is 6.54. The fourth-order valence-electron chi connectivity index (χ4n) is 2.96. The topological polar surface area (TPSA) is 64.4 Å². The summed E-state index contributed by atoms with van der Waals surface area (Å²) in [5.41, 5.74) is 0.0428. The highest BCUT2D eigenvalue weighted by atomic mass is 32.2. The summed E-state index contributed by atoms with van der Waals surface area (Å²) in [5.74, 6) is 0.